The normalized spacial score (nSPS) is 14.0. The van der Waals surface area contributed by atoms with E-state index < -0.39 is 5.97 Å². The van der Waals surface area contributed by atoms with Gasteiger partial charge in [-0.2, -0.15) is 0 Å². The van der Waals surface area contributed by atoms with Crippen LogP contribution in [0.3, 0.4) is 0 Å². The highest BCUT2D eigenvalue weighted by Gasteiger charge is 2.26. The summed E-state index contributed by atoms with van der Waals surface area (Å²) in [6, 6.07) is 14.1. The van der Waals surface area contributed by atoms with E-state index in [9.17, 15) is 14.4 Å². The first-order valence-corrected chi connectivity index (χ1v) is 16.8. The third-order valence-electron chi connectivity index (χ3n) is 7.82. The van der Waals surface area contributed by atoms with E-state index in [4.69, 9.17) is 23.7 Å². The summed E-state index contributed by atoms with van der Waals surface area (Å²) in [7, 11) is 0. The third kappa shape index (κ3) is 14.8. The number of cyclic esters (lactones) is 1. The van der Waals surface area contributed by atoms with Crippen LogP contribution in [-0.4, -0.2) is 43.8 Å². The molecular weight excluding hydrogens is 584 g/mol. The molecule has 1 aliphatic heterocycles. The van der Waals surface area contributed by atoms with Crippen LogP contribution in [0.1, 0.15) is 107 Å². The van der Waals surface area contributed by atoms with Gasteiger partial charge in [0, 0.05) is 18.1 Å². The van der Waals surface area contributed by atoms with Gasteiger partial charge in [0.05, 0.1) is 25.4 Å². The molecule has 1 unspecified atom stereocenters. The zero-order valence-corrected chi connectivity index (χ0v) is 27.2. The fourth-order valence-electron chi connectivity index (χ4n) is 5.13. The number of hydrogen-bond donors (Lipinski definition) is 0. The molecule has 0 saturated carbocycles. The molecule has 8 heteroatoms. The maximum atomic E-state index is 12.6. The van der Waals surface area contributed by atoms with E-state index in [0.717, 1.165) is 82.1 Å². The van der Waals surface area contributed by atoms with E-state index in [1.165, 1.54) is 25.3 Å². The molecule has 1 fully saturated rings. The second-order valence-corrected chi connectivity index (χ2v) is 11.7. The van der Waals surface area contributed by atoms with Crippen LogP contribution in [0.4, 0.5) is 0 Å². The first-order chi connectivity index (χ1) is 22.4. The van der Waals surface area contributed by atoms with Gasteiger partial charge in [0.2, 0.25) is 0 Å². The highest BCUT2D eigenvalue weighted by atomic mass is 16.6. The van der Waals surface area contributed by atoms with Gasteiger partial charge in [-0.25, -0.2) is 14.4 Å². The summed E-state index contributed by atoms with van der Waals surface area (Å²) in [4.78, 5) is 34.9. The zero-order valence-electron chi connectivity index (χ0n) is 27.2. The van der Waals surface area contributed by atoms with Crippen LogP contribution in [0.15, 0.2) is 73.3 Å². The van der Waals surface area contributed by atoms with Crippen molar-refractivity contribution in [2.45, 2.75) is 102 Å². The summed E-state index contributed by atoms with van der Waals surface area (Å²) >= 11 is 0. The number of unbranched alkanes of at least 4 members (excludes halogenated alkanes) is 11. The maximum absolute atomic E-state index is 12.6. The molecule has 46 heavy (non-hydrogen) atoms. The molecule has 0 spiro atoms. The number of hydrogen-bond acceptors (Lipinski definition) is 8. The lowest BCUT2D eigenvalue weighted by Gasteiger charge is -2.09. The number of esters is 3. The van der Waals surface area contributed by atoms with Crippen LogP contribution in [0.25, 0.3) is 0 Å². The third-order valence-corrected chi connectivity index (χ3v) is 7.82. The van der Waals surface area contributed by atoms with Crippen molar-refractivity contribution in [1.29, 1.82) is 0 Å². The van der Waals surface area contributed by atoms with Crippen LogP contribution in [0.5, 0.6) is 17.2 Å². The fraction of sp³-hybridized carbons (Fsp3) is 0.500. The minimum atomic E-state index is -0.422. The van der Waals surface area contributed by atoms with Crippen molar-refractivity contribution in [3.05, 3.63) is 78.9 Å². The predicted octanol–water partition coefficient (Wildman–Crippen LogP) is 8.73. The molecule has 1 atom stereocenters. The average Bonchev–Trinajstić information content (AvgIpc) is 3.39. The summed E-state index contributed by atoms with van der Waals surface area (Å²) in [5, 5.41) is 0. The average molecular weight is 635 g/mol. The van der Waals surface area contributed by atoms with Crippen LogP contribution in [-0.2, 0) is 19.1 Å². The van der Waals surface area contributed by atoms with Crippen molar-refractivity contribution in [1.82, 2.24) is 0 Å². The summed E-state index contributed by atoms with van der Waals surface area (Å²) in [5.41, 5.74) is 1.06. The Balaban J connectivity index is 1.17. The Bertz CT molecular complexity index is 1200. The largest absolute Gasteiger partial charge is 0.494 e. The molecule has 0 amide bonds. The number of rotatable bonds is 24. The highest BCUT2D eigenvalue weighted by Crippen LogP contribution is 2.24. The van der Waals surface area contributed by atoms with Crippen molar-refractivity contribution in [3.8, 4) is 17.2 Å². The molecule has 0 N–H and O–H groups in total. The van der Waals surface area contributed by atoms with Crippen molar-refractivity contribution < 1.29 is 38.1 Å². The van der Waals surface area contributed by atoms with Crippen molar-refractivity contribution in [3.63, 3.8) is 0 Å². The molecule has 2 aromatic rings. The zero-order chi connectivity index (χ0) is 32.8. The summed E-state index contributed by atoms with van der Waals surface area (Å²) in [6.07, 6.45) is 16.9. The van der Waals surface area contributed by atoms with Gasteiger partial charge < -0.3 is 23.7 Å². The SMILES string of the molecule is C=CC(=O)OCCCCCCCCOc1ccc(OC(=O)c2ccc(OCCCCCCCCCC3CC(=C)C(=O)O3)cc2)cc1. The van der Waals surface area contributed by atoms with Gasteiger partial charge in [0.1, 0.15) is 23.4 Å². The summed E-state index contributed by atoms with van der Waals surface area (Å²) < 4.78 is 27.4. The molecule has 250 valence electrons. The van der Waals surface area contributed by atoms with Gasteiger partial charge in [0.15, 0.2) is 0 Å². The summed E-state index contributed by atoms with van der Waals surface area (Å²) in [5.74, 6) is 0.916. The maximum Gasteiger partial charge on any atom is 0.343 e. The summed E-state index contributed by atoms with van der Waals surface area (Å²) in [6.45, 7) is 8.83. The van der Waals surface area contributed by atoms with Crippen LogP contribution in [0.2, 0.25) is 0 Å². The molecule has 0 radical (unpaired) electrons. The Labute approximate surface area is 274 Å². The van der Waals surface area contributed by atoms with Crippen molar-refractivity contribution in [2.24, 2.45) is 0 Å². The van der Waals surface area contributed by atoms with E-state index in [2.05, 4.69) is 13.2 Å². The second kappa shape index (κ2) is 21.6. The Morgan fingerprint density at radius 2 is 1.17 bits per heavy atom. The molecule has 0 bridgehead atoms. The number of carbonyl (C=O) groups excluding carboxylic acids is 3. The molecule has 8 nitrogen and oxygen atoms in total. The van der Waals surface area contributed by atoms with Crippen LogP contribution in [0, 0.1) is 0 Å². The number of ether oxygens (including phenoxy) is 5. The van der Waals surface area contributed by atoms with Gasteiger partial charge in [-0.15, -0.1) is 0 Å². The fourth-order valence-corrected chi connectivity index (χ4v) is 5.13. The molecule has 3 rings (SSSR count). The van der Waals surface area contributed by atoms with Crippen LogP contribution < -0.4 is 14.2 Å². The monoisotopic (exact) mass is 634 g/mol. The molecule has 1 aliphatic rings. The number of benzene rings is 2. The van der Waals surface area contributed by atoms with E-state index >= 15 is 0 Å². The first kappa shape index (κ1) is 36.4. The van der Waals surface area contributed by atoms with Crippen LogP contribution >= 0.6 is 0 Å². The van der Waals surface area contributed by atoms with Gasteiger partial charge in [0.25, 0.3) is 0 Å². The quantitative estimate of drug-likeness (QED) is 0.0490. The lowest BCUT2D eigenvalue weighted by molar-refractivity contribution is -0.139. The topological polar surface area (TPSA) is 97.4 Å². The second-order valence-electron chi connectivity index (χ2n) is 11.7. The first-order valence-electron chi connectivity index (χ1n) is 16.8. The van der Waals surface area contributed by atoms with Gasteiger partial charge in [-0.3, -0.25) is 0 Å². The van der Waals surface area contributed by atoms with E-state index in [1.54, 1.807) is 48.5 Å². The Hall–Kier alpha value is -4.07. The highest BCUT2D eigenvalue weighted by molar-refractivity contribution is 5.91. The van der Waals surface area contributed by atoms with E-state index in [-0.39, 0.29) is 18.0 Å². The van der Waals surface area contributed by atoms with Crippen molar-refractivity contribution >= 4 is 17.9 Å². The van der Waals surface area contributed by atoms with E-state index in [0.29, 0.717) is 43.1 Å². The van der Waals surface area contributed by atoms with Crippen molar-refractivity contribution in [2.75, 3.05) is 19.8 Å². The molecule has 1 heterocycles. The Morgan fingerprint density at radius 3 is 1.70 bits per heavy atom. The number of carbonyl (C=O) groups is 3. The lowest BCUT2D eigenvalue weighted by atomic mass is 10.0. The van der Waals surface area contributed by atoms with E-state index in [1.807, 2.05) is 0 Å². The molecule has 1 saturated heterocycles. The minimum absolute atomic E-state index is 0.0361. The lowest BCUT2D eigenvalue weighted by Crippen LogP contribution is -2.08. The molecule has 0 aromatic heterocycles. The smallest absolute Gasteiger partial charge is 0.343 e. The molecule has 2 aromatic carbocycles. The van der Waals surface area contributed by atoms with Gasteiger partial charge in [-0.1, -0.05) is 70.9 Å². The Kier molecular flexibility index (Phi) is 17.1. The van der Waals surface area contributed by atoms with Gasteiger partial charge >= 0.3 is 17.9 Å². The minimum Gasteiger partial charge on any atom is -0.494 e. The predicted molar refractivity (Wildman–Crippen MR) is 178 cm³/mol. The molecule has 0 aliphatic carbocycles. The molecular formula is C38H50O8. The van der Waals surface area contributed by atoms with Gasteiger partial charge in [-0.05, 0) is 80.6 Å². The standard InChI is InChI=1S/C38H50O8/c1-3-36(39)44-28-16-12-8-7-11-15-27-43-33-22-24-34(25-23-33)45-38(41)31-18-20-32(21-19-31)42-26-14-10-6-4-5-9-13-17-35-29-30(2)37(40)46-35/h3,18-25,35H,1-2,4-17,26-29H2. The Morgan fingerprint density at radius 1 is 0.696 bits per heavy atom.